The van der Waals surface area contributed by atoms with Crippen LogP contribution in [0.15, 0.2) is 24.3 Å². The van der Waals surface area contributed by atoms with Crippen LogP contribution in [-0.4, -0.2) is 16.3 Å². The number of rotatable bonds is 2. The maximum Gasteiger partial charge on any atom is 0.133 e. The lowest BCUT2D eigenvalue weighted by atomic mass is 10.2. The molecule has 3 nitrogen and oxygen atoms in total. The van der Waals surface area contributed by atoms with E-state index in [1.807, 2.05) is 28.9 Å². The lowest BCUT2D eigenvalue weighted by molar-refractivity contribution is 0.832. The Morgan fingerprint density at radius 1 is 1.47 bits per heavy atom. The molecule has 0 fully saturated rings. The van der Waals surface area contributed by atoms with Crippen molar-refractivity contribution in [2.45, 2.75) is 19.8 Å². The van der Waals surface area contributed by atoms with E-state index in [2.05, 4.69) is 17.3 Å². The summed E-state index contributed by atoms with van der Waals surface area (Å²) >= 11 is 6.02. The molecule has 0 bridgehead atoms. The van der Waals surface area contributed by atoms with Crippen molar-refractivity contribution < 1.29 is 0 Å². The quantitative estimate of drug-likeness (QED) is 0.884. The van der Waals surface area contributed by atoms with E-state index in [0.717, 1.165) is 35.9 Å². The van der Waals surface area contributed by atoms with Crippen molar-refractivity contribution >= 4 is 17.4 Å². The van der Waals surface area contributed by atoms with E-state index < -0.39 is 0 Å². The molecule has 1 aliphatic heterocycles. The second-order valence-electron chi connectivity index (χ2n) is 4.20. The summed E-state index contributed by atoms with van der Waals surface area (Å²) in [4.78, 5) is 0. The molecule has 3 rings (SSSR count). The first-order valence-corrected chi connectivity index (χ1v) is 6.28. The number of aromatic nitrogens is 2. The van der Waals surface area contributed by atoms with Gasteiger partial charge in [0.15, 0.2) is 0 Å². The topological polar surface area (TPSA) is 29.9 Å². The zero-order chi connectivity index (χ0) is 11.8. The van der Waals surface area contributed by atoms with Gasteiger partial charge in [-0.1, -0.05) is 24.6 Å². The number of fused-ring (bicyclic) bond motifs is 1. The third kappa shape index (κ3) is 1.71. The van der Waals surface area contributed by atoms with Crippen molar-refractivity contribution in [3.8, 4) is 5.69 Å². The molecule has 2 aromatic rings. The average Bonchev–Trinajstić information content (AvgIpc) is 2.89. The highest BCUT2D eigenvalue weighted by molar-refractivity contribution is 6.30. The number of nitrogens with zero attached hydrogens (tertiary/aromatic N) is 2. The van der Waals surface area contributed by atoms with Gasteiger partial charge in [0.2, 0.25) is 0 Å². The summed E-state index contributed by atoms with van der Waals surface area (Å²) in [6, 6.07) is 7.79. The largest absolute Gasteiger partial charge is 0.369 e. The lowest BCUT2D eigenvalue weighted by Gasteiger charge is -2.06. The van der Waals surface area contributed by atoms with Crippen molar-refractivity contribution in [2.24, 2.45) is 0 Å². The van der Waals surface area contributed by atoms with Gasteiger partial charge in [0, 0.05) is 17.1 Å². The molecule has 0 unspecified atom stereocenters. The summed E-state index contributed by atoms with van der Waals surface area (Å²) in [5.41, 5.74) is 3.56. The van der Waals surface area contributed by atoms with Crippen LogP contribution < -0.4 is 5.32 Å². The van der Waals surface area contributed by atoms with E-state index in [0.29, 0.717) is 0 Å². The Balaban J connectivity index is 2.15. The van der Waals surface area contributed by atoms with Crippen LogP contribution in [0.3, 0.4) is 0 Å². The fraction of sp³-hybridized carbons (Fsp3) is 0.308. The summed E-state index contributed by atoms with van der Waals surface area (Å²) in [6.45, 7) is 3.14. The van der Waals surface area contributed by atoms with Gasteiger partial charge in [-0.3, -0.25) is 0 Å². The van der Waals surface area contributed by atoms with Crippen LogP contribution in [0.4, 0.5) is 5.82 Å². The van der Waals surface area contributed by atoms with E-state index >= 15 is 0 Å². The van der Waals surface area contributed by atoms with Crippen LogP contribution >= 0.6 is 11.6 Å². The van der Waals surface area contributed by atoms with Crippen LogP contribution in [0, 0.1) is 0 Å². The maximum atomic E-state index is 6.02. The molecule has 0 radical (unpaired) electrons. The summed E-state index contributed by atoms with van der Waals surface area (Å²) in [5.74, 6) is 1.13. The molecule has 1 aromatic heterocycles. The van der Waals surface area contributed by atoms with E-state index in [4.69, 9.17) is 11.6 Å². The first-order valence-electron chi connectivity index (χ1n) is 5.90. The fourth-order valence-corrected chi connectivity index (χ4v) is 2.51. The smallest absolute Gasteiger partial charge is 0.133 e. The maximum absolute atomic E-state index is 6.02. The predicted molar refractivity (Wildman–Crippen MR) is 70.1 cm³/mol. The number of nitrogens with one attached hydrogen (secondary N) is 1. The average molecular weight is 248 g/mol. The molecule has 0 atom stereocenters. The normalized spacial score (nSPS) is 13.5. The molecular formula is C13H14ClN3. The van der Waals surface area contributed by atoms with Gasteiger partial charge in [0.1, 0.15) is 5.82 Å². The summed E-state index contributed by atoms with van der Waals surface area (Å²) < 4.78 is 1.97. The summed E-state index contributed by atoms with van der Waals surface area (Å²) in [7, 11) is 0. The van der Waals surface area contributed by atoms with Crippen molar-refractivity contribution in [2.75, 3.05) is 11.9 Å². The molecule has 0 saturated carbocycles. The molecule has 4 heteroatoms. The van der Waals surface area contributed by atoms with Crippen LogP contribution in [0.5, 0.6) is 0 Å². The van der Waals surface area contributed by atoms with E-state index in [1.54, 1.807) is 0 Å². The number of hydrogen-bond acceptors (Lipinski definition) is 2. The van der Waals surface area contributed by atoms with E-state index in [9.17, 15) is 0 Å². The van der Waals surface area contributed by atoms with Crippen molar-refractivity contribution in [3.63, 3.8) is 0 Å². The number of hydrogen-bond donors (Lipinski definition) is 1. The van der Waals surface area contributed by atoms with Gasteiger partial charge < -0.3 is 5.32 Å². The summed E-state index contributed by atoms with van der Waals surface area (Å²) in [6.07, 6.45) is 2.04. The molecule has 88 valence electrons. The lowest BCUT2D eigenvalue weighted by Crippen LogP contribution is -2.04. The highest BCUT2D eigenvalue weighted by Gasteiger charge is 2.21. The molecule has 0 saturated heterocycles. The highest BCUT2D eigenvalue weighted by Crippen LogP contribution is 2.29. The Morgan fingerprint density at radius 2 is 2.35 bits per heavy atom. The zero-order valence-corrected chi connectivity index (χ0v) is 10.5. The summed E-state index contributed by atoms with van der Waals surface area (Å²) in [5, 5.41) is 8.79. The minimum absolute atomic E-state index is 0.739. The SMILES string of the molecule is CCc1nn(-c2cccc(Cl)c2)c2c1CCN2. The molecular weight excluding hydrogens is 234 g/mol. The minimum atomic E-state index is 0.739. The Labute approximate surface area is 105 Å². The minimum Gasteiger partial charge on any atom is -0.369 e. The van der Waals surface area contributed by atoms with Crippen molar-refractivity contribution in [1.29, 1.82) is 0 Å². The first-order chi connectivity index (χ1) is 8.29. The number of anilines is 1. The Kier molecular flexibility index (Phi) is 2.56. The molecule has 17 heavy (non-hydrogen) atoms. The molecule has 0 aliphatic carbocycles. The van der Waals surface area contributed by atoms with Gasteiger partial charge in [-0.05, 0) is 31.0 Å². The third-order valence-corrected chi connectivity index (χ3v) is 3.36. The van der Waals surface area contributed by atoms with Gasteiger partial charge in [-0.25, -0.2) is 4.68 Å². The Bertz CT molecular complexity index is 560. The van der Waals surface area contributed by atoms with Crippen LogP contribution in [0.25, 0.3) is 5.69 Å². The fourth-order valence-electron chi connectivity index (χ4n) is 2.32. The molecule has 1 aliphatic rings. The molecule has 1 aromatic carbocycles. The standard InChI is InChI=1S/C13H14ClN3/c1-2-12-11-6-7-15-13(11)17(16-12)10-5-3-4-9(14)8-10/h3-5,8,15H,2,6-7H2,1H3. The monoisotopic (exact) mass is 247 g/mol. The van der Waals surface area contributed by atoms with Gasteiger partial charge >= 0.3 is 0 Å². The van der Waals surface area contributed by atoms with E-state index in [-0.39, 0.29) is 0 Å². The van der Waals surface area contributed by atoms with Crippen LogP contribution in [-0.2, 0) is 12.8 Å². The van der Waals surface area contributed by atoms with Crippen molar-refractivity contribution in [3.05, 3.63) is 40.5 Å². The Morgan fingerprint density at radius 3 is 3.12 bits per heavy atom. The van der Waals surface area contributed by atoms with E-state index in [1.165, 1.54) is 11.3 Å². The zero-order valence-electron chi connectivity index (χ0n) is 9.70. The van der Waals surface area contributed by atoms with Crippen LogP contribution in [0.2, 0.25) is 5.02 Å². The third-order valence-electron chi connectivity index (χ3n) is 3.12. The van der Waals surface area contributed by atoms with Crippen LogP contribution in [0.1, 0.15) is 18.2 Å². The second kappa shape index (κ2) is 4.08. The van der Waals surface area contributed by atoms with Gasteiger partial charge in [-0.15, -0.1) is 0 Å². The first kappa shape index (κ1) is 10.7. The van der Waals surface area contributed by atoms with Gasteiger partial charge in [0.05, 0.1) is 11.4 Å². The number of benzene rings is 1. The predicted octanol–water partition coefficient (Wildman–Crippen LogP) is 3.06. The van der Waals surface area contributed by atoms with Gasteiger partial charge in [-0.2, -0.15) is 5.10 Å². The number of halogens is 1. The van der Waals surface area contributed by atoms with Gasteiger partial charge in [0.25, 0.3) is 0 Å². The molecule has 1 N–H and O–H groups in total. The molecule has 0 amide bonds. The molecule has 0 spiro atoms. The number of aryl methyl sites for hydroxylation is 1. The Hall–Kier alpha value is -1.48. The van der Waals surface area contributed by atoms with Crippen molar-refractivity contribution in [1.82, 2.24) is 9.78 Å². The second-order valence-corrected chi connectivity index (χ2v) is 4.63. The molecule has 2 heterocycles. The highest BCUT2D eigenvalue weighted by atomic mass is 35.5.